The van der Waals surface area contributed by atoms with Crippen LogP contribution in [0.2, 0.25) is 0 Å². The van der Waals surface area contributed by atoms with E-state index in [1.165, 1.54) is 93.2 Å². The van der Waals surface area contributed by atoms with Crippen molar-refractivity contribution < 1.29 is 4.42 Å². The molecule has 0 saturated heterocycles. The van der Waals surface area contributed by atoms with Gasteiger partial charge in [0, 0.05) is 10.8 Å². The predicted octanol–water partition coefficient (Wildman–Crippen LogP) is 16.5. The van der Waals surface area contributed by atoms with E-state index in [1.54, 1.807) is 0 Å². The molecule has 1 heteroatoms. The van der Waals surface area contributed by atoms with Crippen molar-refractivity contribution in [1.82, 2.24) is 0 Å². The third-order valence-electron chi connectivity index (χ3n) is 12.3. The highest BCUT2D eigenvalue weighted by atomic mass is 16.3. The van der Waals surface area contributed by atoms with Gasteiger partial charge in [-0.3, -0.25) is 0 Å². The Kier molecular flexibility index (Phi) is 7.61. The topological polar surface area (TPSA) is 13.1 Å². The van der Waals surface area contributed by atoms with Gasteiger partial charge in [-0.2, -0.15) is 0 Å². The highest BCUT2D eigenvalue weighted by Gasteiger charge is 2.20. The van der Waals surface area contributed by atoms with Crippen LogP contribution in [0.5, 0.6) is 0 Å². The first-order valence-corrected chi connectivity index (χ1v) is 20.3. The second kappa shape index (κ2) is 13.4. The van der Waals surface area contributed by atoms with Crippen LogP contribution in [0.15, 0.2) is 223 Å². The van der Waals surface area contributed by atoms with Gasteiger partial charge in [0.1, 0.15) is 11.2 Å². The van der Waals surface area contributed by atoms with Crippen LogP contribution in [-0.2, 0) is 0 Å². The molecule has 0 unspecified atom stereocenters. The summed E-state index contributed by atoms with van der Waals surface area (Å²) in [6.45, 7) is 0. The summed E-state index contributed by atoms with van der Waals surface area (Å²) in [4.78, 5) is 0. The van der Waals surface area contributed by atoms with Gasteiger partial charge in [0.25, 0.3) is 0 Å². The van der Waals surface area contributed by atoms with Gasteiger partial charge >= 0.3 is 0 Å². The minimum Gasteiger partial charge on any atom is -0.456 e. The average molecular weight is 749 g/mol. The lowest BCUT2D eigenvalue weighted by Gasteiger charge is -2.18. The zero-order valence-electron chi connectivity index (χ0n) is 32.2. The van der Waals surface area contributed by atoms with Crippen molar-refractivity contribution in [3.05, 3.63) is 218 Å². The fourth-order valence-corrected chi connectivity index (χ4v) is 9.65. The molecule has 59 heavy (non-hydrogen) atoms. The lowest BCUT2D eigenvalue weighted by atomic mass is 9.85. The SMILES string of the molecule is c1ccc(-c2ccc(-c3c4ccccc4c(-c4ccc5c(c4)oc4ccc(-c6c7ccccc7c(-c7ccccc7)c7ccccc67)cc45)c4ccccc34)cc2)cc1. The van der Waals surface area contributed by atoms with Gasteiger partial charge in [0.2, 0.25) is 0 Å². The fraction of sp³-hybridized carbons (Fsp3) is 0. The lowest BCUT2D eigenvalue weighted by molar-refractivity contribution is 0.669. The number of rotatable bonds is 5. The second-order valence-corrected chi connectivity index (χ2v) is 15.5. The lowest BCUT2D eigenvalue weighted by Crippen LogP contribution is -1.91. The smallest absolute Gasteiger partial charge is 0.136 e. The molecule has 0 aliphatic rings. The van der Waals surface area contributed by atoms with Crippen molar-refractivity contribution >= 4 is 65.0 Å². The standard InChI is InChI=1S/C58H36O/c1-3-15-37(16-4-1)38-27-29-40(30-28-38)56-46-21-9-13-25-50(46)58(51-26-14-10-22-47(51)56)42-31-33-43-52-35-41(32-34-53(52)59-54(43)36-42)57-48-23-11-7-19-44(48)55(39-17-5-2-6-18-39)45-20-8-12-24-49(45)57/h1-36H. The third kappa shape index (κ3) is 5.33. The van der Waals surface area contributed by atoms with Gasteiger partial charge < -0.3 is 4.42 Å². The van der Waals surface area contributed by atoms with Gasteiger partial charge in [-0.15, -0.1) is 0 Å². The third-order valence-corrected chi connectivity index (χ3v) is 12.3. The van der Waals surface area contributed by atoms with Gasteiger partial charge in [0.15, 0.2) is 0 Å². The van der Waals surface area contributed by atoms with Crippen LogP contribution in [0.1, 0.15) is 0 Å². The summed E-state index contributed by atoms with van der Waals surface area (Å²) in [5.74, 6) is 0. The van der Waals surface area contributed by atoms with Gasteiger partial charge in [0.05, 0.1) is 0 Å². The highest BCUT2D eigenvalue weighted by Crippen LogP contribution is 2.47. The number of hydrogen-bond acceptors (Lipinski definition) is 1. The van der Waals surface area contributed by atoms with E-state index in [0.717, 1.165) is 27.5 Å². The first kappa shape index (κ1) is 33.4. The molecule has 274 valence electrons. The molecule has 0 atom stereocenters. The van der Waals surface area contributed by atoms with Crippen LogP contribution >= 0.6 is 0 Å². The Hall–Kier alpha value is -7.74. The second-order valence-electron chi connectivity index (χ2n) is 15.5. The van der Waals surface area contributed by atoms with E-state index in [-0.39, 0.29) is 0 Å². The van der Waals surface area contributed by atoms with Crippen LogP contribution < -0.4 is 0 Å². The summed E-state index contributed by atoms with van der Waals surface area (Å²) < 4.78 is 6.72. The van der Waals surface area contributed by atoms with Gasteiger partial charge in [-0.1, -0.05) is 194 Å². The van der Waals surface area contributed by atoms with E-state index in [0.29, 0.717) is 0 Å². The molecule has 11 aromatic carbocycles. The summed E-state index contributed by atoms with van der Waals surface area (Å²) in [6, 6.07) is 79.3. The molecule has 1 aromatic heterocycles. The summed E-state index contributed by atoms with van der Waals surface area (Å²) in [5.41, 5.74) is 14.0. The molecule has 0 aliphatic carbocycles. The number of furan rings is 1. The van der Waals surface area contributed by atoms with E-state index in [9.17, 15) is 0 Å². The highest BCUT2D eigenvalue weighted by molar-refractivity contribution is 6.24. The Balaban J connectivity index is 1.02. The Morgan fingerprint density at radius 3 is 0.983 bits per heavy atom. The molecule has 0 radical (unpaired) electrons. The number of fused-ring (bicyclic) bond motifs is 7. The molecule has 12 aromatic rings. The van der Waals surface area contributed by atoms with E-state index in [4.69, 9.17) is 4.42 Å². The van der Waals surface area contributed by atoms with Crippen molar-refractivity contribution in [2.24, 2.45) is 0 Å². The van der Waals surface area contributed by atoms with E-state index < -0.39 is 0 Å². The Bertz CT molecular complexity index is 3460. The molecule has 0 saturated carbocycles. The van der Waals surface area contributed by atoms with Crippen LogP contribution in [0.4, 0.5) is 0 Å². The minimum absolute atomic E-state index is 0.887. The zero-order chi connectivity index (χ0) is 38.9. The first-order chi connectivity index (χ1) is 29.3. The van der Waals surface area contributed by atoms with E-state index in [1.807, 2.05) is 0 Å². The van der Waals surface area contributed by atoms with Crippen molar-refractivity contribution in [3.63, 3.8) is 0 Å². The minimum atomic E-state index is 0.887. The van der Waals surface area contributed by atoms with Crippen molar-refractivity contribution in [1.29, 1.82) is 0 Å². The Morgan fingerprint density at radius 1 is 0.186 bits per heavy atom. The molecule has 12 rings (SSSR count). The maximum atomic E-state index is 6.72. The maximum Gasteiger partial charge on any atom is 0.136 e. The number of benzene rings is 11. The van der Waals surface area contributed by atoms with E-state index >= 15 is 0 Å². The summed E-state index contributed by atoms with van der Waals surface area (Å²) >= 11 is 0. The van der Waals surface area contributed by atoms with Crippen LogP contribution in [0.25, 0.3) is 121 Å². The van der Waals surface area contributed by atoms with E-state index in [2.05, 4.69) is 218 Å². The summed E-state index contributed by atoms with van der Waals surface area (Å²) in [6.07, 6.45) is 0. The average Bonchev–Trinajstić information content (AvgIpc) is 3.67. The maximum absolute atomic E-state index is 6.72. The largest absolute Gasteiger partial charge is 0.456 e. The van der Waals surface area contributed by atoms with Crippen LogP contribution in [0, 0.1) is 0 Å². The normalized spacial score (nSPS) is 11.7. The zero-order valence-corrected chi connectivity index (χ0v) is 32.2. The monoisotopic (exact) mass is 748 g/mol. The molecular formula is C58H36O. The molecule has 0 spiro atoms. The van der Waals surface area contributed by atoms with Crippen LogP contribution in [-0.4, -0.2) is 0 Å². The molecule has 1 nitrogen and oxygen atoms in total. The molecule has 0 bridgehead atoms. The summed E-state index contributed by atoms with van der Waals surface area (Å²) in [7, 11) is 0. The quantitative estimate of drug-likeness (QED) is 0.160. The van der Waals surface area contributed by atoms with Crippen molar-refractivity contribution in [3.8, 4) is 55.6 Å². The fourth-order valence-electron chi connectivity index (χ4n) is 9.65. The Morgan fingerprint density at radius 2 is 0.508 bits per heavy atom. The molecule has 0 fully saturated rings. The van der Waals surface area contributed by atoms with Gasteiger partial charge in [-0.05, 0) is 123 Å². The van der Waals surface area contributed by atoms with Crippen molar-refractivity contribution in [2.75, 3.05) is 0 Å². The van der Waals surface area contributed by atoms with Crippen molar-refractivity contribution in [2.45, 2.75) is 0 Å². The Labute approximate surface area is 342 Å². The predicted molar refractivity (Wildman–Crippen MR) is 251 cm³/mol. The molecular weight excluding hydrogens is 713 g/mol. The molecule has 0 aliphatic heterocycles. The molecule has 1 heterocycles. The molecule has 0 N–H and O–H groups in total. The summed E-state index contributed by atoms with van der Waals surface area (Å²) in [5, 5.41) is 12.2. The number of hydrogen-bond donors (Lipinski definition) is 0. The van der Waals surface area contributed by atoms with Gasteiger partial charge in [-0.25, -0.2) is 0 Å². The first-order valence-electron chi connectivity index (χ1n) is 20.3. The molecule has 0 amide bonds. The van der Waals surface area contributed by atoms with Crippen LogP contribution in [0.3, 0.4) is 0 Å².